The van der Waals surface area contributed by atoms with Gasteiger partial charge in [-0.2, -0.15) is 0 Å². The summed E-state index contributed by atoms with van der Waals surface area (Å²) >= 11 is 1.52. The van der Waals surface area contributed by atoms with E-state index in [1.807, 2.05) is 17.3 Å². The van der Waals surface area contributed by atoms with Gasteiger partial charge in [-0.15, -0.1) is 17.9 Å². The summed E-state index contributed by atoms with van der Waals surface area (Å²) in [6.45, 7) is 5.70. The van der Waals surface area contributed by atoms with Crippen molar-refractivity contribution in [2.45, 2.75) is 6.54 Å². The summed E-state index contributed by atoms with van der Waals surface area (Å²) in [5.41, 5.74) is -0.114. The summed E-state index contributed by atoms with van der Waals surface area (Å²) in [5.74, 6) is -1.45. The number of carboxylic acid groups (broad SMARTS) is 1. The number of fused-ring (bicyclic) bond motifs is 1. The Morgan fingerprint density at radius 1 is 1.65 bits per heavy atom. The third kappa shape index (κ3) is 2.61. The maximum absolute atomic E-state index is 12.5. The Morgan fingerprint density at radius 2 is 2.43 bits per heavy atom. The highest BCUT2D eigenvalue weighted by Gasteiger charge is 2.61. The van der Waals surface area contributed by atoms with Gasteiger partial charge >= 0.3 is 5.97 Å². The van der Waals surface area contributed by atoms with Gasteiger partial charge in [0.05, 0.1) is 11.6 Å². The molecule has 1 amide bonds. The van der Waals surface area contributed by atoms with Crippen LogP contribution in [0.4, 0.5) is 5.13 Å². The van der Waals surface area contributed by atoms with E-state index in [4.69, 9.17) is 0 Å². The maximum Gasteiger partial charge on any atom is 0.313 e. The summed E-state index contributed by atoms with van der Waals surface area (Å²) in [7, 11) is 1.81. The van der Waals surface area contributed by atoms with Crippen molar-refractivity contribution in [3.05, 3.63) is 23.7 Å². The molecule has 2 aliphatic heterocycles. The van der Waals surface area contributed by atoms with E-state index in [0.717, 1.165) is 10.8 Å². The molecule has 0 saturated carbocycles. The van der Waals surface area contributed by atoms with Crippen LogP contribution in [0.2, 0.25) is 0 Å². The number of carbonyl (C=O) groups is 2. The smallest absolute Gasteiger partial charge is 0.313 e. The van der Waals surface area contributed by atoms with Crippen LogP contribution in [0.1, 0.15) is 5.69 Å². The fourth-order valence-electron chi connectivity index (χ4n) is 3.56. The Balaban J connectivity index is 1.76. The average molecular weight is 336 g/mol. The number of nitrogens with one attached hydrogen (secondary N) is 1. The zero-order valence-corrected chi connectivity index (χ0v) is 13.8. The molecule has 23 heavy (non-hydrogen) atoms. The molecule has 0 radical (unpaired) electrons. The predicted octanol–water partition coefficient (Wildman–Crippen LogP) is 0.716. The van der Waals surface area contributed by atoms with Crippen LogP contribution in [-0.4, -0.2) is 65.0 Å². The molecular weight excluding hydrogens is 316 g/mol. The van der Waals surface area contributed by atoms with Gasteiger partial charge in [-0.05, 0) is 0 Å². The number of rotatable bonds is 6. The quantitative estimate of drug-likeness (QED) is 0.745. The van der Waals surface area contributed by atoms with Crippen LogP contribution in [0.3, 0.4) is 0 Å². The van der Waals surface area contributed by atoms with Crippen molar-refractivity contribution in [3.63, 3.8) is 0 Å². The minimum absolute atomic E-state index is 0.0796. The van der Waals surface area contributed by atoms with E-state index in [2.05, 4.69) is 16.9 Å². The van der Waals surface area contributed by atoms with Crippen LogP contribution < -0.4 is 5.32 Å². The molecule has 2 N–H and O–H groups in total. The lowest BCUT2D eigenvalue weighted by Gasteiger charge is -2.24. The molecule has 0 bridgehead atoms. The number of nitrogens with zero attached hydrogens (tertiary/aromatic N) is 3. The third-order valence-electron chi connectivity index (χ3n) is 4.62. The first kappa shape index (κ1) is 15.9. The summed E-state index contributed by atoms with van der Waals surface area (Å²) in [6, 6.07) is 0. The van der Waals surface area contributed by atoms with Crippen molar-refractivity contribution in [3.8, 4) is 0 Å². The Labute approximate surface area is 138 Å². The molecule has 0 unspecified atom stereocenters. The molecule has 2 aliphatic rings. The summed E-state index contributed by atoms with van der Waals surface area (Å²) < 4.78 is 0. The van der Waals surface area contributed by atoms with E-state index >= 15 is 0 Å². The van der Waals surface area contributed by atoms with E-state index in [9.17, 15) is 14.7 Å². The van der Waals surface area contributed by atoms with Crippen LogP contribution in [0.25, 0.3) is 0 Å². The molecule has 7 nitrogen and oxygen atoms in total. The first-order valence-electron chi connectivity index (χ1n) is 7.48. The fraction of sp³-hybridized carbons (Fsp3) is 0.533. The van der Waals surface area contributed by atoms with Gasteiger partial charge in [0.15, 0.2) is 5.13 Å². The van der Waals surface area contributed by atoms with Crippen molar-refractivity contribution in [1.82, 2.24) is 14.8 Å². The highest BCUT2D eigenvalue weighted by Crippen LogP contribution is 2.44. The normalized spacial score (nSPS) is 27.3. The first-order chi connectivity index (χ1) is 11.0. The minimum Gasteiger partial charge on any atom is -0.481 e. The molecule has 0 aliphatic carbocycles. The van der Waals surface area contributed by atoms with Gasteiger partial charge in [-0.1, -0.05) is 6.08 Å². The monoisotopic (exact) mass is 336 g/mol. The van der Waals surface area contributed by atoms with Crippen LogP contribution in [0.5, 0.6) is 0 Å². The molecule has 3 rings (SSSR count). The molecule has 2 fully saturated rings. The van der Waals surface area contributed by atoms with E-state index in [1.54, 1.807) is 11.0 Å². The number of hydrogen-bond acceptors (Lipinski definition) is 6. The van der Waals surface area contributed by atoms with Crippen molar-refractivity contribution in [1.29, 1.82) is 0 Å². The second-order valence-corrected chi connectivity index (χ2v) is 6.94. The number of anilines is 1. The molecule has 0 spiro atoms. The van der Waals surface area contributed by atoms with Crippen LogP contribution in [0.15, 0.2) is 18.0 Å². The number of thiazole rings is 1. The van der Waals surface area contributed by atoms with Gasteiger partial charge in [-0.25, -0.2) is 4.98 Å². The lowest BCUT2D eigenvalue weighted by atomic mass is 9.81. The fourth-order valence-corrected chi connectivity index (χ4v) is 4.22. The first-order valence-corrected chi connectivity index (χ1v) is 8.35. The molecule has 1 aromatic rings. The average Bonchev–Trinajstić information content (AvgIpc) is 3.17. The number of amides is 1. The van der Waals surface area contributed by atoms with Crippen LogP contribution >= 0.6 is 11.3 Å². The van der Waals surface area contributed by atoms with Crippen LogP contribution in [-0.2, 0) is 16.1 Å². The van der Waals surface area contributed by atoms with E-state index in [1.165, 1.54) is 11.3 Å². The lowest BCUT2D eigenvalue weighted by Crippen LogP contribution is -2.40. The van der Waals surface area contributed by atoms with E-state index in [0.29, 0.717) is 26.2 Å². The van der Waals surface area contributed by atoms with E-state index in [-0.39, 0.29) is 12.5 Å². The number of carboxylic acids is 1. The van der Waals surface area contributed by atoms with Gasteiger partial charge in [0.2, 0.25) is 5.91 Å². The second-order valence-electron chi connectivity index (χ2n) is 6.08. The molecule has 124 valence electrons. The summed E-state index contributed by atoms with van der Waals surface area (Å²) in [5, 5.41) is 15.5. The largest absolute Gasteiger partial charge is 0.481 e. The van der Waals surface area contributed by atoms with Gasteiger partial charge in [-0.3, -0.25) is 14.5 Å². The Morgan fingerprint density at radius 3 is 3.00 bits per heavy atom. The molecule has 2 saturated heterocycles. The zero-order chi connectivity index (χ0) is 16.6. The predicted molar refractivity (Wildman–Crippen MR) is 87.3 cm³/mol. The van der Waals surface area contributed by atoms with Crippen molar-refractivity contribution < 1.29 is 14.7 Å². The van der Waals surface area contributed by atoms with Crippen molar-refractivity contribution in [2.24, 2.45) is 11.3 Å². The topological polar surface area (TPSA) is 85.8 Å². The Bertz CT molecular complexity index is 646. The lowest BCUT2D eigenvalue weighted by molar-refractivity contribution is -0.149. The highest BCUT2D eigenvalue weighted by molar-refractivity contribution is 7.13. The summed E-state index contributed by atoms with van der Waals surface area (Å²) in [6.07, 6.45) is 1.64. The SMILES string of the molecule is C=CCN1C[C@@]2(C(=O)O)CN(Cc3csc(NC)n3)C[C@H]2C1=O. The standard InChI is InChI=1S/C15H20N4O3S/c1-3-4-19-9-15(13(21)22)8-18(6-11(15)12(19)20)5-10-7-23-14(16-2)17-10/h3,7,11H,1,4-6,8-9H2,2H3,(H,16,17)(H,21,22)/t11-,15-/m0/s1. The van der Waals surface area contributed by atoms with Crippen molar-refractivity contribution in [2.75, 3.05) is 38.5 Å². The molecule has 1 aromatic heterocycles. The second kappa shape index (κ2) is 5.93. The number of carbonyl (C=O) groups excluding carboxylic acids is 1. The Hall–Kier alpha value is -1.93. The van der Waals surface area contributed by atoms with Crippen LogP contribution in [0, 0.1) is 11.3 Å². The molecule has 3 heterocycles. The number of aromatic nitrogens is 1. The third-order valence-corrected chi connectivity index (χ3v) is 5.53. The molecule has 0 aromatic carbocycles. The van der Waals surface area contributed by atoms with Gasteiger partial charge < -0.3 is 15.3 Å². The molecule has 8 heteroatoms. The molecular formula is C15H20N4O3S. The Kier molecular flexibility index (Phi) is 4.11. The number of likely N-dealkylation sites (tertiary alicyclic amines) is 2. The highest BCUT2D eigenvalue weighted by atomic mass is 32.1. The number of hydrogen-bond donors (Lipinski definition) is 2. The number of aliphatic carboxylic acids is 1. The maximum atomic E-state index is 12.5. The zero-order valence-electron chi connectivity index (χ0n) is 13.0. The minimum atomic E-state index is -1.01. The van der Waals surface area contributed by atoms with Crippen molar-refractivity contribution >= 4 is 28.3 Å². The summed E-state index contributed by atoms with van der Waals surface area (Å²) in [4.78, 5) is 32.4. The van der Waals surface area contributed by atoms with E-state index < -0.39 is 17.3 Å². The molecule has 2 atom stereocenters. The van der Waals surface area contributed by atoms with Gasteiger partial charge in [0.25, 0.3) is 0 Å². The van der Waals surface area contributed by atoms with Gasteiger partial charge in [0.1, 0.15) is 5.41 Å². The van der Waals surface area contributed by atoms with Gasteiger partial charge in [0, 0.05) is 45.2 Å².